The van der Waals surface area contributed by atoms with E-state index in [1.165, 1.54) is 25.8 Å². The molecular formula is C11H20N2. The SMILES string of the molecule is CCC(CC#N)N1CCCC1CC. The van der Waals surface area contributed by atoms with Crippen molar-refractivity contribution in [3.8, 4) is 6.07 Å². The smallest absolute Gasteiger partial charge is 0.0638 e. The van der Waals surface area contributed by atoms with Crippen LogP contribution < -0.4 is 0 Å². The first kappa shape index (κ1) is 10.5. The zero-order valence-corrected chi connectivity index (χ0v) is 8.79. The highest BCUT2D eigenvalue weighted by atomic mass is 15.2. The van der Waals surface area contributed by atoms with Crippen molar-refractivity contribution in [3.63, 3.8) is 0 Å². The third-order valence-corrected chi connectivity index (χ3v) is 3.16. The molecule has 1 saturated heterocycles. The molecular weight excluding hydrogens is 160 g/mol. The summed E-state index contributed by atoms with van der Waals surface area (Å²) >= 11 is 0. The van der Waals surface area contributed by atoms with Crippen molar-refractivity contribution in [2.45, 2.75) is 58.0 Å². The first-order valence-electron chi connectivity index (χ1n) is 5.46. The minimum Gasteiger partial charge on any atom is -0.296 e. The highest BCUT2D eigenvalue weighted by Gasteiger charge is 2.27. The molecule has 13 heavy (non-hydrogen) atoms. The molecule has 0 aliphatic carbocycles. The van der Waals surface area contributed by atoms with Crippen LogP contribution in [0.2, 0.25) is 0 Å². The third kappa shape index (κ3) is 2.45. The van der Waals surface area contributed by atoms with Crippen molar-refractivity contribution in [2.75, 3.05) is 6.54 Å². The van der Waals surface area contributed by atoms with E-state index in [0.717, 1.165) is 12.5 Å². The molecule has 1 heterocycles. The van der Waals surface area contributed by atoms with Gasteiger partial charge in [-0.25, -0.2) is 0 Å². The van der Waals surface area contributed by atoms with Crippen molar-refractivity contribution >= 4 is 0 Å². The topological polar surface area (TPSA) is 27.0 Å². The van der Waals surface area contributed by atoms with E-state index >= 15 is 0 Å². The molecule has 0 aromatic heterocycles. The van der Waals surface area contributed by atoms with Gasteiger partial charge in [0.2, 0.25) is 0 Å². The van der Waals surface area contributed by atoms with E-state index in [1.54, 1.807) is 0 Å². The molecule has 1 rings (SSSR count). The van der Waals surface area contributed by atoms with Gasteiger partial charge >= 0.3 is 0 Å². The van der Waals surface area contributed by atoms with Crippen molar-refractivity contribution in [1.29, 1.82) is 5.26 Å². The van der Waals surface area contributed by atoms with Crippen LogP contribution in [0, 0.1) is 11.3 Å². The monoisotopic (exact) mass is 180 g/mol. The fourth-order valence-electron chi connectivity index (χ4n) is 2.38. The average molecular weight is 180 g/mol. The van der Waals surface area contributed by atoms with Gasteiger partial charge in [-0.05, 0) is 32.2 Å². The van der Waals surface area contributed by atoms with E-state index in [1.807, 2.05) is 0 Å². The Bertz CT molecular complexity index is 183. The van der Waals surface area contributed by atoms with E-state index in [2.05, 4.69) is 24.8 Å². The van der Waals surface area contributed by atoms with Crippen LogP contribution in [0.5, 0.6) is 0 Å². The Morgan fingerprint density at radius 3 is 2.85 bits per heavy atom. The number of nitrogens with zero attached hydrogens (tertiary/aromatic N) is 2. The Kier molecular flexibility index (Phi) is 4.24. The van der Waals surface area contributed by atoms with Crippen molar-refractivity contribution in [1.82, 2.24) is 4.90 Å². The molecule has 2 heteroatoms. The summed E-state index contributed by atoms with van der Waals surface area (Å²) in [7, 11) is 0. The van der Waals surface area contributed by atoms with Crippen LogP contribution in [0.15, 0.2) is 0 Å². The molecule has 0 bridgehead atoms. The molecule has 2 nitrogen and oxygen atoms in total. The predicted octanol–water partition coefficient (Wildman–Crippen LogP) is 2.55. The maximum atomic E-state index is 8.71. The molecule has 0 amide bonds. The largest absolute Gasteiger partial charge is 0.296 e. The highest BCUT2D eigenvalue weighted by Crippen LogP contribution is 2.24. The van der Waals surface area contributed by atoms with Crippen LogP contribution in [0.1, 0.15) is 46.0 Å². The van der Waals surface area contributed by atoms with Gasteiger partial charge in [-0.15, -0.1) is 0 Å². The molecule has 0 aromatic rings. The zero-order valence-electron chi connectivity index (χ0n) is 8.79. The van der Waals surface area contributed by atoms with Crippen LogP contribution in [0.4, 0.5) is 0 Å². The van der Waals surface area contributed by atoms with Gasteiger partial charge in [0, 0.05) is 12.1 Å². The van der Waals surface area contributed by atoms with Crippen LogP contribution in [-0.2, 0) is 0 Å². The van der Waals surface area contributed by atoms with E-state index in [0.29, 0.717) is 12.5 Å². The Morgan fingerprint density at radius 1 is 1.54 bits per heavy atom. The fourth-order valence-corrected chi connectivity index (χ4v) is 2.38. The second-order valence-corrected chi connectivity index (χ2v) is 3.87. The Labute approximate surface area is 81.5 Å². The van der Waals surface area contributed by atoms with E-state index < -0.39 is 0 Å². The van der Waals surface area contributed by atoms with Crippen LogP contribution >= 0.6 is 0 Å². The zero-order chi connectivity index (χ0) is 9.68. The first-order valence-corrected chi connectivity index (χ1v) is 5.46. The molecule has 74 valence electrons. The minimum atomic E-state index is 0.512. The summed E-state index contributed by atoms with van der Waals surface area (Å²) in [6.07, 6.45) is 5.71. The van der Waals surface area contributed by atoms with Gasteiger partial charge in [0.25, 0.3) is 0 Å². The summed E-state index contributed by atoms with van der Waals surface area (Å²) in [5.74, 6) is 0. The van der Waals surface area contributed by atoms with Gasteiger partial charge in [0.05, 0.1) is 12.5 Å². The molecule has 0 saturated carbocycles. The van der Waals surface area contributed by atoms with E-state index in [4.69, 9.17) is 5.26 Å². The highest BCUT2D eigenvalue weighted by molar-refractivity contribution is 4.88. The third-order valence-electron chi connectivity index (χ3n) is 3.16. The van der Waals surface area contributed by atoms with Gasteiger partial charge in [-0.1, -0.05) is 13.8 Å². The van der Waals surface area contributed by atoms with E-state index in [-0.39, 0.29) is 0 Å². The van der Waals surface area contributed by atoms with Crippen LogP contribution in [-0.4, -0.2) is 23.5 Å². The molecule has 2 atom stereocenters. The summed E-state index contributed by atoms with van der Waals surface area (Å²) in [5.41, 5.74) is 0. The Hall–Kier alpha value is -0.550. The van der Waals surface area contributed by atoms with Crippen LogP contribution in [0.3, 0.4) is 0 Å². The molecule has 1 aliphatic rings. The number of hydrogen-bond donors (Lipinski definition) is 0. The molecule has 0 N–H and O–H groups in total. The summed E-state index contributed by atoms with van der Waals surface area (Å²) in [6, 6.07) is 3.56. The van der Waals surface area contributed by atoms with Gasteiger partial charge in [-0.3, -0.25) is 4.90 Å². The van der Waals surface area contributed by atoms with Crippen molar-refractivity contribution in [2.24, 2.45) is 0 Å². The van der Waals surface area contributed by atoms with Crippen LogP contribution in [0.25, 0.3) is 0 Å². The molecule has 1 aliphatic heterocycles. The maximum Gasteiger partial charge on any atom is 0.0638 e. The number of rotatable bonds is 4. The fraction of sp³-hybridized carbons (Fsp3) is 0.909. The first-order chi connectivity index (χ1) is 6.33. The molecule has 2 unspecified atom stereocenters. The summed E-state index contributed by atoms with van der Waals surface area (Å²) in [5, 5.41) is 8.71. The average Bonchev–Trinajstić information content (AvgIpc) is 2.61. The van der Waals surface area contributed by atoms with Gasteiger partial charge < -0.3 is 0 Å². The summed E-state index contributed by atoms with van der Waals surface area (Å²) in [4.78, 5) is 2.54. The Morgan fingerprint density at radius 2 is 2.31 bits per heavy atom. The Balaban J connectivity index is 2.52. The summed E-state index contributed by atoms with van der Waals surface area (Å²) in [6.45, 7) is 5.65. The second-order valence-electron chi connectivity index (χ2n) is 3.87. The van der Waals surface area contributed by atoms with Gasteiger partial charge in [0.15, 0.2) is 0 Å². The number of likely N-dealkylation sites (tertiary alicyclic amines) is 1. The van der Waals surface area contributed by atoms with Crippen molar-refractivity contribution in [3.05, 3.63) is 0 Å². The van der Waals surface area contributed by atoms with Gasteiger partial charge in [-0.2, -0.15) is 5.26 Å². The van der Waals surface area contributed by atoms with Gasteiger partial charge in [0.1, 0.15) is 0 Å². The lowest BCUT2D eigenvalue weighted by Gasteiger charge is -2.30. The minimum absolute atomic E-state index is 0.512. The lowest BCUT2D eigenvalue weighted by Crippen LogP contribution is -2.38. The molecule has 0 spiro atoms. The lowest BCUT2D eigenvalue weighted by molar-refractivity contribution is 0.173. The normalized spacial score (nSPS) is 25.8. The summed E-state index contributed by atoms with van der Waals surface area (Å²) < 4.78 is 0. The standard InChI is InChI=1S/C11H20N2/c1-3-10-6-5-9-13(10)11(4-2)7-8-12/h10-11H,3-7,9H2,1-2H3. The molecule has 1 fully saturated rings. The number of nitriles is 1. The number of hydrogen-bond acceptors (Lipinski definition) is 2. The maximum absolute atomic E-state index is 8.71. The molecule has 0 radical (unpaired) electrons. The quantitative estimate of drug-likeness (QED) is 0.665. The van der Waals surface area contributed by atoms with Crippen molar-refractivity contribution < 1.29 is 0 Å². The second kappa shape index (κ2) is 5.24. The lowest BCUT2D eigenvalue weighted by atomic mass is 10.1. The van der Waals surface area contributed by atoms with E-state index in [9.17, 15) is 0 Å². The predicted molar refractivity (Wildman–Crippen MR) is 54.3 cm³/mol. The molecule has 0 aromatic carbocycles.